The highest BCUT2D eigenvalue weighted by Gasteiger charge is 2.14. The Kier molecular flexibility index (Phi) is 10.9. The van der Waals surface area contributed by atoms with E-state index in [9.17, 15) is 0 Å². The molecule has 1 aliphatic carbocycles. The van der Waals surface area contributed by atoms with Crippen molar-refractivity contribution >= 4 is 0 Å². The van der Waals surface area contributed by atoms with E-state index in [4.69, 9.17) is 9.47 Å². The predicted molar refractivity (Wildman–Crippen MR) is 85.2 cm³/mol. The molecule has 0 saturated heterocycles. The summed E-state index contributed by atoms with van der Waals surface area (Å²) in [4.78, 5) is 0. The molecule has 0 aliphatic heterocycles. The molecule has 1 atom stereocenters. The van der Waals surface area contributed by atoms with Crippen molar-refractivity contribution in [2.75, 3.05) is 33.5 Å². The van der Waals surface area contributed by atoms with Crippen LogP contribution in [0.2, 0.25) is 0 Å². The van der Waals surface area contributed by atoms with Crippen molar-refractivity contribution in [2.24, 2.45) is 0 Å². The number of rotatable bonds is 10. The highest BCUT2D eigenvalue weighted by Crippen LogP contribution is 2.21. The molecule has 1 unspecified atom stereocenters. The largest absolute Gasteiger partial charge is 0.382 e. The average Bonchev–Trinajstić information content (AvgIpc) is 2.42. The van der Waals surface area contributed by atoms with Crippen LogP contribution < -0.4 is 5.32 Å². The summed E-state index contributed by atoms with van der Waals surface area (Å²) >= 11 is 0. The van der Waals surface area contributed by atoms with Crippen LogP contribution in [-0.2, 0) is 9.47 Å². The first-order valence-corrected chi connectivity index (χ1v) is 8.37. The number of ether oxygens (including phenoxy) is 2. The lowest BCUT2D eigenvalue weighted by molar-refractivity contribution is 0.0669. The summed E-state index contributed by atoms with van der Waals surface area (Å²) in [6.45, 7) is 5.54. The zero-order valence-corrected chi connectivity index (χ0v) is 13.5. The molecule has 20 heavy (non-hydrogen) atoms. The molecule has 0 amide bonds. The van der Waals surface area contributed by atoms with Crippen LogP contribution in [0.1, 0.15) is 58.3 Å². The van der Waals surface area contributed by atoms with Gasteiger partial charge in [-0.15, -0.1) is 0 Å². The van der Waals surface area contributed by atoms with Gasteiger partial charge in [-0.1, -0.05) is 31.4 Å². The van der Waals surface area contributed by atoms with Gasteiger partial charge < -0.3 is 14.8 Å². The molecule has 0 aromatic rings. The Morgan fingerprint density at radius 2 is 2.00 bits per heavy atom. The molecule has 118 valence electrons. The summed E-state index contributed by atoms with van der Waals surface area (Å²) in [5.41, 5.74) is 1.62. The second-order valence-electron chi connectivity index (χ2n) is 5.63. The standard InChI is InChI=1S/C17H33NO2/c1-3-12-18-17(11-13-20-15-14-19-2)16-9-7-5-4-6-8-10-16/h9,17-18H,3-8,10-15H2,1-2H3. The van der Waals surface area contributed by atoms with Crippen LogP contribution in [0.15, 0.2) is 11.6 Å². The molecule has 0 bridgehead atoms. The van der Waals surface area contributed by atoms with E-state index in [1.807, 2.05) is 0 Å². The summed E-state index contributed by atoms with van der Waals surface area (Å²) in [7, 11) is 1.72. The van der Waals surface area contributed by atoms with Crippen LogP contribution in [0.3, 0.4) is 0 Å². The van der Waals surface area contributed by atoms with Crippen molar-refractivity contribution in [3.8, 4) is 0 Å². The first-order valence-electron chi connectivity index (χ1n) is 8.37. The van der Waals surface area contributed by atoms with Crippen LogP contribution in [0.5, 0.6) is 0 Å². The van der Waals surface area contributed by atoms with Crippen molar-refractivity contribution in [3.63, 3.8) is 0 Å². The van der Waals surface area contributed by atoms with E-state index in [-0.39, 0.29) is 0 Å². The zero-order chi connectivity index (χ0) is 14.5. The minimum absolute atomic E-state index is 0.510. The normalized spacial score (nSPS) is 18.2. The monoisotopic (exact) mass is 283 g/mol. The fourth-order valence-electron chi connectivity index (χ4n) is 2.72. The Morgan fingerprint density at radius 3 is 2.80 bits per heavy atom. The van der Waals surface area contributed by atoms with E-state index < -0.39 is 0 Å². The Balaban J connectivity index is 2.39. The molecule has 0 spiro atoms. The third-order valence-electron chi connectivity index (χ3n) is 3.90. The molecule has 1 rings (SSSR count). The van der Waals surface area contributed by atoms with E-state index in [0.29, 0.717) is 19.3 Å². The first-order chi connectivity index (χ1) is 9.88. The first kappa shape index (κ1) is 17.7. The second-order valence-corrected chi connectivity index (χ2v) is 5.63. The van der Waals surface area contributed by atoms with Gasteiger partial charge in [0.2, 0.25) is 0 Å². The van der Waals surface area contributed by atoms with Gasteiger partial charge in [-0.2, -0.15) is 0 Å². The van der Waals surface area contributed by atoms with Gasteiger partial charge in [0, 0.05) is 19.8 Å². The van der Waals surface area contributed by atoms with Gasteiger partial charge in [-0.3, -0.25) is 0 Å². The molecule has 0 heterocycles. The van der Waals surface area contributed by atoms with Gasteiger partial charge in [0.1, 0.15) is 0 Å². The summed E-state index contributed by atoms with van der Waals surface area (Å²) < 4.78 is 10.6. The quantitative estimate of drug-likeness (QED) is 0.490. The fourth-order valence-corrected chi connectivity index (χ4v) is 2.72. The number of methoxy groups -OCH3 is 1. The SMILES string of the molecule is CCCNC(CCOCCOC)C1=CCCCCCC1. The molecule has 0 fully saturated rings. The lowest BCUT2D eigenvalue weighted by Gasteiger charge is -2.23. The Labute approximate surface area is 125 Å². The van der Waals surface area contributed by atoms with Crippen molar-refractivity contribution in [1.29, 1.82) is 0 Å². The van der Waals surface area contributed by atoms with Crippen molar-refractivity contribution < 1.29 is 9.47 Å². The summed E-state index contributed by atoms with van der Waals surface area (Å²) in [6, 6.07) is 0.510. The van der Waals surface area contributed by atoms with Crippen molar-refractivity contribution in [1.82, 2.24) is 5.32 Å². The molecule has 1 aliphatic rings. The van der Waals surface area contributed by atoms with Crippen molar-refractivity contribution in [2.45, 2.75) is 64.3 Å². The molecule has 0 aromatic carbocycles. The van der Waals surface area contributed by atoms with E-state index >= 15 is 0 Å². The maximum Gasteiger partial charge on any atom is 0.0700 e. The van der Waals surface area contributed by atoms with Crippen LogP contribution in [0.4, 0.5) is 0 Å². The fraction of sp³-hybridized carbons (Fsp3) is 0.882. The van der Waals surface area contributed by atoms with E-state index in [2.05, 4.69) is 18.3 Å². The third kappa shape index (κ3) is 8.03. The van der Waals surface area contributed by atoms with Gasteiger partial charge in [0.25, 0.3) is 0 Å². The second kappa shape index (κ2) is 12.4. The number of hydrogen-bond donors (Lipinski definition) is 1. The molecule has 3 nitrogen and oxygen atoms in total. The van der Waals surface area contributed by atoms with E-state index in [1.54, 1.807) is 12.7 Å². The summed E-state index contributed by atoms with van der Waals surface area (Å²) in [6.07, 6.45) is 12.8. The van der Waals surface area contributed by atoms with Gasteiger partial charge in [-0.05, 0) is 45.1 Å². The molecule has 0 saturated carbocycles. The number of hydrogen-bond acceptors (Lipinski definition) is 3. The lowest BCUT2D eigenvalue weighted by atomic mass is 9.93. The number of nitrogens with one attached hydrogen (secondary N) is 1. The van der Waals surface area contributed by atoms with Crippen LogP contribution in [0.25, 0.3) is 0 Å². The summed E-state index contributed by atoms with van der Waals surface area (Å²) in [5, 5.41) is 3.70. The van der Waals surface area contributed by atoms with Crippen LogP contribution in [-0.4, -0.2) is 39.5 Å². The Bertz CT molecular complexity index is 253. The average molecular weight is 283 g/mol. The van der Waals surface area contributed by atoms with Crippen LogP contribution in [0, 0.1) is 0 Å². The topological polar surface area (TPSA) is 30.5 Å². The predicted octanol–water partition coefficient (Wildman–Crippen LogP) is 3.69. The molecule has 3 heteroatoms. The lowest BCUT2D eigenvalue weighted by Crippen LogP contribution is -2.33. The highest BCUT2D eigenvalue weighted by atomic mass is 16.5. The molecule has 0 radical (unpaired) electrons. The Morgan fingerprint density at radius 1 is 1.15 bits per heavy atom. The van der Waals surface area contributed by atoms with E-state index in [1.165, 1.54) is 44.9 Å². The maximum absolute atomic E-state index is 5.64. The maximum atomic E-state index is 5.64. The van der Waals surface area contributed by atoms with Crippen molar-refractivity contribution in [3.05, 3.63) is 11.6 Å². The molecule has 0 aromatic heterocycles. The van der Waals surface area contributed by atoms with Crippen LogP contribution >= 0.6 is 0 Å². The minimum Gasteiger partial charge on any atom is -0.382 e. The van der Waals surface area contributed by atoms with Gasteiger partial charge in [-0.25, -0.2) is 0 Å². The number of allylic oxidation sites excluding steroid dienone is 1. The summed E-state index contributed by atoms with van der Waals surface area (Å²) in [5.74, 6) is 0. The molecular formula is C17H33NO2. The smallest absolute Gasteiger partial charge is 0.0700 e. The van der Waals surface area contributed by atoms with Gasteiger partial charge >= 0.3 is 0 Å². The molecule has 1 N–H and O–H groups in total. The van der Waals surface area contributed by atoms with Gasteiger partial charge in [0.05, 0.1) is 13.2 Å². The zero-order valence-electron chi connectivity index (χ0n) is 13.5. The molecular weight excluding hydrogens is 250 g/mol. The Hall–Kier alpha value is -0.380. The highest BCUT2D eigenvalue weighted by molar-refractivity contribution is 5.11. The minimum atomic E-state index is 0.510. The van der Waals surface area contributed by atoms with Gasteiger partial charge in [0.15, 0.2) is 0 Å². The third-order valence-corrected chi connectivity index (χ3v) is 3.90. The van der Waals surface area contributed by atoms with E-state index in [0.717, 1.165) is 19.6 Å².